The van der Waals surface area contributed by atoms with Crippen molar-refractivity contribution in [2.75, 3.05) is 32.9 Å². The van der Waals surface area contributed by atoms with Crippen molar-refractivity contribution in [3.05, 3.63) is 11.7 Å². The summed E-state index contributed by atoms with van der Waals surface area (Å²) < 4.78 is 16.4. The van der Waals surface area contributed by atoms with Crippen LogP contribution in [0.3, 0.4) is 0 Å². The van der Waals surface area contributed by atoms with Gasteiger partial charge in [0.1, 0.15) is 0 Å². The molecule has 20 heavy (non-hydrogen) atoms. The van der Waals surface area contributed by atoms with Gasteiger partial charge in [-0.3, -0.25) is 4.90 Å². The van der Waals surface area contributed by atoms with E-state index in [1.807, 2.05) is 6.92 Å². The van der Waals surface area contributed by atoms with Crippen LogP contribution in [0.4, 0.5) is 0 Å². The van der Waals surface area contributed by atoms with E-state index in [1.165, 1.54) is 12.8 Å². The molecule has 1 aromatic rings. The van der Waals surface area contributed by atoms with Crippen LogP contribution < -0.4 is 0 Å². The van der Waals surface area contributed by atoms with Crippen molar-refractivity contribution < 1.29 is 14.0 Å². The summed E-state index contributed by atoms with van der Waals surface area (Å²) in [4.78, 5) is 6.74. The maximum atomic E-state index is 5.74. The number of nitrogens with zero attached hydrogens (tertiary/aromatic N) is 3. The molecule has 2 atom stereocenters. The second-order valence-corrected chi connectivity index (χ2v) is 5.58. The molecule has 3 rings (SSSR count). The van der Waals surface area contributed by atoms with E-state index in [2.05, 4.69) is 15.0 Å². The Hall–Kier alpha value is -0.980. The fourth-order valence-electron chi connectivity index (χ4n) is 3.01. The standard InChI is InChI=1S/C14H23N3O3/c1-11-15-14(16-20-11)13-5-2-6-17(13)7-9-18-10-12-4-3-8-19-12/h12-13H,2-10H2,1H3. The van der Waals surface area contributed by atoms with Crippen LogP contribution in [0.25, 0.3) is 0 Å². The molecular weight excluding hydrogens is 258 g/mol. The number of aromatic nitrogens is 2. The van der Waals surface area contributed by atoms with E-state index in [9.17, 15) is 0 Å². The number of aryl methyl sites for hydroxylation is 1. The molecule has 0 radical (unpaired) electrons. The predicted octanol–water partition coefficient (Wildman–Crippen LogP) is 1.71. The van der Waals surface area contributed by atoms with Gasteiger partial charge in [-0.15, -0.1) is 0 Å². The van der Waals surface area contributed by atoms with Gasteiger partial charge in [0.2, 0.25) is 5.89 Å². The Morgan fingerprint density at radius 2 is 2.30 bits per heavy atom. The molecule has 6 heteroatoms. The van der Waals surface area contributed by atoms with Gasteiger partial charge in [-0.2, -0.15) is 4.98 Å². The van der Waals surface area contributed by atoms with Crippen LogP contribution in [-0.2, 0) is 9.47 Å². The maximum absolute atomic E-state index is 5.74. The lowest BCUT2D eigenvalue weighted by molar-refractivity contribution is 0.00920. The van der Waals surface area contributed by atoms with E-state index in [-0.39, 0.29) is 0 Å². The second-order valence-electron chi connectivity index (χ2n) is 5.58. The summed E-state index contributed by atoms with van der Waals surface area (Å²) in [5.41, 5.74) is 0. The third-order valence-electron chi connectivity index (χ3n) is 4.06. The van der Waals surface area contributed by atoms with Crippen molar-refractivity contribution in [1.29, 1.82) is 0 Å². The van der Waals surface area contributed by atoms with Crippen LogP contribution in [0.5, 0.6) is 0 Å². The Morgan fingerprint density at radius 1 is 1.35 bits per heavy atom. The molecule has 2 saturated heterocycles. The zero-order chi connectivity index (χ0) is 13.8. The Morgan fingerprint density at radius 3 is 3.05 bits per heavy atom. The highest BCUT2D eigenvalue weighted by molar-refractivity contribution is 4.97. The van der Waals surface area contributed by atoms with Crippen molar-refractivity contribution in [2.24, 2.45) is 0 Å². The normalized spacial score (nSPS) is 27.4. The molecular formula is C14H23N3O3. The van der Waals surface area contributed by atoms with Crippen molar-refractivity contribution in [2.45, 2.75) is 44.8 Å². The topological polar surface area (TPSA) is 60.6 Å². The zero-order valence-corrected chi connectivity index (χ0v) is 12.1. The van der Waals surface area contributed by atoms with Gasteiger partial charge in [-0.1, -0.05) is 5.16 Å². The van der Waals surface area contributed by atoms with E-state index >= 15 is 0 Å². The first-order valence-corrected chi connectivity index (χ1v) is 7.56. The smallest absolute Gasteiger partial charge is 0.223 e. The SMILES string of the molecule is Cc1nc(C2CCCN2CCOCC2CCCO2)no1. The molecule has 0 aromatic carbocycles. The van der Waals surface area contributed by atoms with Crippen LogP contribution >= 0.6 is 0 Å². The summed E-state index contributed by atoms with van der Waals surface area (Å²) in [7, 11) is 0. The van der Waals surface area contributed by atoms with Crippen LogP contribution in [-0.4, -0.2) is 54.1 Å². The van der Waals surface area contributed by atoms with E-state index in [4.69, 9.17) is 14.0 Å². The summed E-state index contributed by atoms with van der Waals surface area (Å²) in [6.07, 6.45) is 4.90. The Labute approximate surface area is 119 Å². The molecule has 0 N–H and O–H groups in total. The lowest BCUT2D eigenvalue weighted by atomic mass is 10.2. The molecule has 0 bridgehead atoms. The molecule has 6 nitrogen and oxygen atoms in total. The summed E-state index contributed by atoms with van der Waals surface area (Å²) in [5.74, 6) is 1.46. The molecule has 2 fully saturated rings. The third-order valence-corrected chi connectivity index (χ3v) is 4.06. The number of hydrogen-bond donors (Lipinski definition) is 0. The highest BCUT2D eigenvalue weighted by atomic mass is 16.5. The van der Waals surface area contributed by atoms with Crippen LogP contribution in [0.2, 0.25) is 0 Å². The molecule has 0 amide bonds. The predicted molar refractivity (Wildman–Crippen MR) is 72.4 cm³/mol. The van der Waals surface area contributed by atoms with E-state index in [1.54, 1.807) is 0 Å². The molecule has 2 unspecified atom stereocenters. The molecule has 0 saturated carbocycles. The van der Waals surface area contributed by atoms with E-state index < -0.39 is 0 Å². The lowest BCUT2D eigenvalue weighted by Gasteiger charge is -2.22. The van der Waals surface area contributed by atoms with Gasteiger partial charge in [-0.05, 0) is 32.2 Å². The van der Waals surface area contributed by atoms with Gasteiger partial charge in [0.25, 0.3) is 0 Å². The average Bonchev–Trinajstić information content (AvgIpc) is 3.16. The molecule has 112 valence electrons. The van der Waals surface area contributed by atoms with E-state index in [0.29, 0.717) is 18.0 Å². The Balaban J connectivity index is 1.42. The summed E-state index contributed by atoms with van der Waals surface area (Å²) in [5, 5.41) is 4.05. The minimum Gasteiger partial charge on any atom is -0.377 e. The quantitative estimate of drug-likeness (QED) is 0.740. The first-order chi connectivity index (χ1) is 9.83. The van der Waals surface area contributed by atoms with Crippen LogP contribution in [0, 0.1) is 6.92 Å². The lowest BCUT2D eigenvalue weighted by Crippen LogP contribution is -2.29. The van der Waals surface area contributed by atoms with Gasteiger partial charge in [-0.25, -0.2) is 0 Å². The highest BCUT2D eigenvalue weighted by Gasteiger charge is 2.29. The molecule has 0 aliphatic carbocycles. The fourth-order valence-corrected chi connectivity index (χ4v) is 3.01. The van der Waals surface area contributed by atoms with Gasteiger partial charge in [0.05, 0.1) is 25.4 Å². The summed E-state index contributed by atoms with van der Waals surface area (Å²) in [6, 6.07) is 0.291. The number of likely N-dealkylation sites (tertiary alicyclic amines) is 1. The second kappa shape index (κ2) is 6.65. The Bertz CT molecular complexity index is 418. The van der Waals surface area contributed by atoms with Crippen LogP contribution in [0.15, 0.2) is 4.52 Å². The molecule has 2 aliphatic rings. The van der Waals surface area contributed by atoms with Crippen molar-refractivity contribution in [3.8, 4) is 0 Å². The van der Waals surface area contributed by atoms with Gasteiger partial charge in [0, 0.05) is 20.1 Å². The van der Waals surface area contributed by atoms with Crippen LogP contribution in [0.1, 0.15) is 43.4 Å². The van der Waals surface area contributed by atoms with Gasteiger partial charge >= 0.3 is 0 Å². The monoisotopic (exact) mass is 281 g/mol. The minimum absolute atomic E-state index is 0.291. The molecule has 0 spiro atoms. The number of ether oxygens (including phenoxy) is 2. The van der Waals surface area contributed by atoms with Crippen molar-refractivity contribution in [1.82, 2.24) is 15.0 Å². The number of rotatable bonds is 6. The summed E-state index contributed by atoms with van der Waals surface area (Å²) in [6.45, 7) is 6.19. The van der Waals surface area contributed by atoms with Crippen molar-refractivity contribution >= 4 is 0 Å². The third kappa shape index (κ3) is 3.37. The first-order valence-electron chi connectivity index (χ1n) is 7.56. The molecule has 2 aliphatic heterocycles. The number of hydrogen-bond acceptors (Lipinski definition) is 6. The van der Waals surface area contributed by atoms with E-state index in [0.717, 1.165) is 51.6 Å². The average molecular weight is 281 g/mol. The Kier molecular flexibility index (Phi) is 4.65. The molecule has 3 heterocycles. The molecule has 1 aromatic heterocycles. The maximum Gasteiger partial charge on any atom is 0.223 e. The van der Waals surface area contributed by atoms with Gasteiger partial charge < -0.3 is 14.0 Å². The minimum atomic E-state index is 0.291. The largest absolute Gasteiger partial charge is 0.377 e. The van der Waals surface area contributed by atoms with Crippen molar-refractivity contribution in [3.63, 3.8) is 0 Å². The fraction of sp³-hybridized carbons (Fsp3) is 0.857. The van der Waals surface area contributed by atoms with Gasteiger partial charge in [0.15, 0.2) is 5.82 Å². The first kappa shape index (κ1) is 14.0. The highest BCUT2D eigenvalue weighted by Crippen LogP contribution is 2.29. The zero-order valence-electron chi connectivity index (χ0n) is 12.1. The summed E-state index contributed by atoms with van der Waals surface area (Å²) >= 11 is 0.